The molecule has 0 unspecified atom stereocenters. The van der Waals surface area contributed by atoms with Gasteiger partial charge >= 0.3 is 0 Å². The highest BCUT2D eigenvalue weighted by Crippen LogP contribution is 2.57. The molecule has 1 aliphatic rings. The second-order valence-electron chi connectivity index (χ2n) is 13.2. The molecule has 0 spiro atoms. The Kier molecular flexibility index (Phi) is 6.50. The standard InChI is InChI=1S/C38H36BrNO/c1-36(2,3)24-17-19-28-29-20-18-25(37(4,5)6)23-32(29)38(31(28)22-24,26-11-9-12-27(39)21-26)35-16-10-14-33(40-35)30-13-7-8-15-34(30)41/h7-23,41H,1-6H3. The molecule has 0 atom stereocenters. The van der Waals surface area contributed by atoms with Crippen molar-refractivity contribution in [1.29, 1.82) is 0 Å². The number of aromatic nitrogens is 1. The van der Waals surface area contributed by atoms with E-state index in [0.717, 1.165) is 27.0 Å². The molecule has 2 nitrogen and oxygen atoms in total. The summed E-state index contributed by atoms with van der Waals surface area (Å²) < 4.78 is 1.03. The van der Waals surface area contributed by atoms with Gasteiger partial charge in [0.1, 0.15) is 5.75 Å². The number of fused-ring (bicyclic) bond motifs is 3. The van der Waals surface area contributed by atoms with E-state index in [9.17, 15) is 5.11 Å². The summed E-state index contributed by atoms with van der Waals surface area (Å²) in [6.45, 7) is 13.6. The highest BCUT2D eigenvalue weighted by molar-refractivity contribution is 9.10. The summed E-state index contributed by atoms with van der Waals surface area (Å²) in [5.74, 6) is 0.228. The minimum atomic E-state index is -0.655. The Morgan fingerprint density at radius 2 is 1.20 bits per heavy atom. The molecule has 0 aliphatic heterocycles. The van der Waals surface area contributed by atoms with Gasteiger partial charge in [-0.2, -0.15) is 0 Å². The highest BCUT2D eigenvalue weighted by Gasteiger charge is 2.48. The Morgan fingerprint density at radius 1 is 0.610 bits per heavy atom. The van der Waals surface area contributed by atoms with Crippen molar-refractivity contribution >= 4 is 15.9 Å². The summed E-state index contributed by atoms with van der Waals surface area (Å²) in [5.41, 5.74) is 10.4. The SMILES string of the molecule is CC(C)(C)c1ccc2c(c1)C(c1cccc(Br)c1)(c1cccc(-c3ccccc3O)n1)c1cc(C(C)(C)C)ccc1-2. The lowest BCUT2D eigenvalue weighted by molar-refractivity contribution is 0.477. The molecule has 1 N–H and O–H groups in total. The molecule has 5 aromatic rings. The normalized spacial score (nSPS) is 14.0. The van der Waals surface area contributed by atoms with Crippen molar-refractivity contribution in [2.75, 3.05) is 0 Å². The van der Waals surface area contributed by atoms with E-state index < -0.39 is 5.41 Å². The van der Waals surface area contributed by atoms with Crippen LogP contribution >= 0.6 is 15.9 Å². The van der Waals surface area contributed by atoms with E-state index >= 15 is 0 Å². The van der Waals surface area contributed by atoms with Gasteiger partial charge in [-0.25, -0.2) is 0 Å². The predicted molar refractivity (Wildman–Crippen MR) is 174 cm³/mol. The monoisotopic (exact) mass is 601 g/mol. The number of phenols is 1. The maximum absolute atomic E-state index is 10.8. The van der Waals surface area contributed by atoms with Crippen LogP contribution in [-0.4, -0.2) is 10.1 Å². The van der Waals surface area contributed by atoms with Crippen LogP contribution in [0.5, 0.6) is 5.75 Å². The largest absolute Gasteiger partial charge is 0.507 e. The fourth-order valence-electron chi connectivity index (χ4n) is 6.20. The second kappa shape index (κ2) is 9.70. The highest BCUT2D eigenvalue weighted by atomic mass is 79.9. The molecule has 0 fully saturated rings. The van der Waals surface area contributed by atoms with Crippen LogP contribution in [0.2, 0.25) is 0 Å². The van der Waals surface area contributed by atoms with Gasteiger partial charge in [-0.15, -0.1) is 0 Å². The number of hydrogen-bond donors (Lipinski definition) is 1. The van der Waals surface area contributed by atoms with Crippen molar-refractivity contribution in [3.05, 3.63) is 141 Å². The molecule has 1 aromatic heterocycles. The van der Waals surface area contributed by atoms with Gasteiger partial charge in [-0.05, 0) is 86.2 Å². The average Bonchev–Trinajstić information content (AvgIpc) is 3.22. The Labute approximate surface area is 252 Å². The first-order chi connectivity index (χ1) is 19.4. The number of nitrogens with zero attached hydrogens (tertiary/aromatic N) is 1. The summed E-state index contributed by atoms with van der Waals surface area (Å²) in [6, 6.07) is 36.3. The van der Waals surface area contributed by atoms with Crippen LogP contribution in [0.15, 0.2) is 108 Å². The van der Waals surface area contributed by atoms with E-state index in [1.165, 1.54) is 33.4 Å². The summed E-state index contributed by atoms with van der Waals surface area (Å²) in [7, 11) is 0. The lowest BCUT2D eigenvalue weighted by Gasteiger charge is -2.35. The third-order valence-corrected chi connectivity index (χ3v) is 8.93. The Hall–Kier alpha value is -3.69. The maximum atomic E-state index is 10.8. The second-order valence-corrected chi connectivity index (χ2v) is 14.1. The van der Waals surface area contributed by atoms with Gasteiger partial charge in [0, 0.05) is 10.0 Å². The van der Waals surface area contributed by atoms with E-state index in [1.807, 2.05) is 24.3 Å². The number of rotatable bonds is 3. The summed E-state index contributed by atoms with van der Waals surface area (Å²) in [6.07, 6.45) is 0. The molecule has 1 aliphatic carbocycles. The molecule has 4 aromatic carbocycles. The maximum Gasteiger partial charge on any atom is 0.124 e. The molecule has 0 bridgehead atoms. The van der Waals surface area contributed by atoms with Gasteiger partial charge in [0.2, 0.25) is 0 Å². The number of phenolic OH excluding ortho intramolecular Hbond substituents is 1. The average molecular weight is 603 g/mol. The molecule has 6 rings (SSSR count). The van der Waals surface area contributed by atoms with Gasteiger partial charge in [0.15, 0.2) is 0 Å². The molecular weight excluding hydrogens is 566 g/mol. The van der Waals surface area contributed by atoms with Gasteiger partial charge < -0.3 is 5.11 Å². The molecule has 206 valence electrons. The van der Waals surface area contributed by atoms with Crippen molar-refractivity contribution in [2.45, 2.75) is 57.8 Å². The topological polar surface area (TPSA) is 33.1 Å². The van der Waals surface area contributed by atoms with E-state index in [4.69, 9.17) is 4.98 Å². The first-order valence-electron chi connectivity index (χ1n) is 14.2. The third kappa shape index (κ3) is 4.51. The fourth-order valence-corrected chi connectivity index (χ4v) is 6.60. The fraction of sp³-hybridized carbons (Fsp3) is 0.237. The van der Waals surface area contributed by atoms with Crippen LogP contribution in [-0.2, 0) is 16.2 Å². The lowest BCUT2D eigenvalue weighted by atomic mass is 9.68. The molecule has 0 amide bonds. The Morgan fingerprint density at radius 3 is 1.76 bits per heavy atom. The summed E-state index contributed by atoms with van der Waals surface area (Å²) >= 11 is 3.79. The van der Waals surface area contributed by atoms with Gasteiger partial charge in [-0.1, -0.05) is 124 Å². The molecule has 0 saturated carbocycles. The number of halogens is 1. The Balaban J connectivity index is 1.78. The summed E-state index contributed by atoms with van der Waals surface area (Å²) in [4.78, 5) is 5.37. The molecule has 0 saturated heterocycles. The van der Waals surface area contributed by atoms with Gasteiger partial charge in [0.05, 0.1) is 16.8 Å². The van der Waals surface area contributed by atoms with Crippen LogP contribution in [0.1, 0.15) is 75.1 Å². The number of hydrogen-bond acceptors (Lipinski definition) is 2. The number of benzene rings is 4. The van der Waals surface area contributed by atoms with Crippen molar-refractivity contribution in [3.8, 4) is 28.1 Å². The number of para-hydroxylation sites is 1. The molecule has 3 heteroatoms. The smallest absolute Gasteiger partial charge is 0.124 e. The van der Waals surface area contributed by atoms with Crippen LogP contribution in [0.3, 0.4) is 0 Å². The van der Waals surface area contributed by atoms with Crippen molar-refractivity contribution in [3.63, 3.8) is 0 Å². The number of pyridine rings is 1. The minimum absolute atomic E-state index is 0.0194. The van der Waals surface area contributed by atoms with Gasteiger partial charge in [-0.3, -0.25) is 4.98 Å². The molecule has 1 heterocycles. The van der Waals surface area contributed by atoms with Gasteiger partial charge in [0.25, 0.3) is 0 Å². The van der Waals surface area contributed by atoms with E-state index in [0.29, 0.717) is 0 Å². The van der Waals surface area contributed by atoms with E-state index in [2.05, 4.69) is 130 Å². The zero-order valence-corrected chi connectivity index (χ0v) is 26.2. The van der Waals surface area contributed by atoms with Crippen molar-refractivity contribution < 1.29 is 5.11 Å². The third-order valence-electron chi connectivity index (χ3n) is 8.44. The minimum Gasteiger partial charge on any atom is -0.507 e. The zero-order valence-electron chi connectivity index (χ0n) is 24.6. The molecule has 41 heavy (non-hydrogen) atoms. The first-order valence-corrected chi connectivity index (χ1v) is 15.0. The summed E-state index contributed by atoms with van der Waals surface area (Å²) in [5, 5.41) is 10.8. The quantitative estimate of drug-likeness (QED) is 0.219. The first kappa shape index (κ1) is 27.5. The van der Waals surface area contributed by atoms with Crippen LogP contribution in [0.4, 0.5) is 0 Å². The lowest BCUT2D eigenvalue weighted by Crippen LogP contribution is -2.31. The van der Waals surface area contributed by atoms with Crippen molar-refractivity contribution in [2.24, 2.45) is 0 Å². The Bertz CT molecular complexity index is 1720. The van der Waals surface area contributed by atoms with Crippen molar-refractivity contribution in [1.82, 2.24) is 4.98 Å². The van der Waals surface area contributed by atoms with Crippen LogP contribution in [0, 0.1) is 0 Å². The van der Waals surface area contributed by atoms with Crippen LogP contribution in [0.25, 0.3) is 22.4 Å². The number of aromatic hydroxyl groups is 1. The zero-order chi connectivity index (χ0) is 29.2. The molecular formula is C38H36BrNO. The van der Waals surface area contributed by atoms with E-state index in [1.54, 1.807) is 6.07 Å². The van der Waals surface area contributed by atoms with Crippen LogP contribution < -0.4 is 0 Å². The predicted octanol–water partition coefficient (Wildman–Crippen LogP) is 10.2. The van der Waals surface area contributed by atoms with E-state index in [-0.39, 0.29) is 16.6 Å². The molecule has 0 radical (unpaired) electrons.